The fourth-order valence-corrected chi connectivity index (χ4v) is 1.48. The van der Waals surface area contributed by atoms with Crippen LogP contribution in [0.4, 0.5) is 15.8 Å². The molecule has 0 spiro atoms. The Hall–Kier alpha value is -2.43. The highest BCUT2D eigenvalue weighted by molar-refractivity contribution is 5.85. The SMILES string of the molecule is Cc1ccc(F)c(Nc2ccc(C(=O)O)nc2)c1. The zero-order chi connectivity index (χ0) is 13.1. The highest BCUT2D eigenvalue weighted by atomic mass is 19.1. The van der Waals surface area contributed by atoms with E-state index in [0.717, 1.165) is 5.56 Å². The van der Waals surface area contributed by atoms with Crippen molar-refractivity contribution in [2.24, 2.45) is 0 Å². The molecular formula is C13H11FN2O2. The summed E-state index contributed by atoms with van der Waals surface area (Å²) in [6.45, 7) is 1.86. The van der Waals surface area contributed by atoms with Gasteiger partial charge in [0.05, 0.1) is 17.6 Å². The van der Waals surface area contributed by atoms with Gasteiger partial charge in [-0.25, -0.2) is 14.2 Å². The lowest BCUT2D eigenvalue weighted by molar-refractivity contribution is 0.0690. The normalized spacial score (nSPS) is 10.1. The van der Waals surface area contributed by atoms with Gasteiger partial charge in [-0.1, -0.05) is 6.07 Å². The minimum absolute atomic E-state index is 0.0507. The molecule has 0 aliphatic rings. The molecule has 0 saturated carbocycles. The fraction of sp³-hybridized carbons (Fsp3) is 0.0769. The van der Waals surface area contributed by atoms with Gasteiger partial charge in [0, 0.05) is 0 Å². The number of carboxylic acid groups (broad SMARTS) is 1. The summed E-state index contributed by atoms with van der Waals surface area (Å²) in [6, 6.07) is 7.61. The van der Waals surface area contributed by atoms with Crippen molar-refractivity contribution < 1.29 is 14.3 Å². The Morgan fingerprint density at radius 3 is 2.72 bits per heavy atom. The first-order chi connectivity index (χ1) is 8.56. The zero-order valence-electron chi connectivity index (χ0n) is 9.64. The van der Waals surface area contributed by atoms with E-state index in [1.807, 2.05) is 6.92 Å². The van der Waals surface area contributed by atoms with Gasteiger partial charge in [0.2, 0.25) is 0 Å². The van der Waals surface area contributed by atoms with Gasteiger partial charge in [-0.3, -0.25) is 0 Å². The van der Waals surface area contributed by atoms with Gasteiger partial charge in [0.1, 0.15) is 11.5 Å². The first-order valence-corrected chi connectivity index (χ1v) is 5.29. The maximum absolute atomic E-state index is 13.5. The number of benzene rings is 1. The van der Waals surface area contributed by atoms with Crippen molar-refractivity contribution in [2.75, 3.05) is 5.32 Å². The summed E-state index contributed by atoms with van der Waals surface area (Å²) in [5.41, 5.74) is 1.74. The number of halogens is 1. The molecule has 18 heavy (non-hydrogen) atoms. The quantitative estimate of drug-likeness (QED) is 0.874. The minimum Gasteiger partial charge on any atom is -0.477 e. The predicted octanol–water partition coefficient (Wildman–Crippen LogP) is 2.97. The van der Waals surface area contributed by atoms with Crippen LogP contribution in [0.5, 0.6) is 0 Å². The second kappa shape index (κ2) is 4.83. The Bertz CT molecular complexity index is 582. The Kier molecular flexibility index (Phi) is 3.23. The number of hydrogen-bond acceptors (Lipinski definition) is 3. The number of anilines is 2. The molecule has 0 fully saturated rings. The van der Waals surface area contributed by atoms with Crippen LogP contribution in [0.1, 0.15) is 16.1 Å². The smallest absolute Gasteiger partial charge is 0.354 e. The molecule has 0 saturated heterocycles. The Labute approximate surface area is 103 Å². The van der Waals surface area contributed by atoms with Gasteiger partial charge >= 0.3 is 5.97 Å². The van der Waals surface area contributed by atoms with E-state index >= 15 is 0 Å². The number of carbonyl (C=O) groups is 1. The molecule has 1 aromatic heterocycles. The van der Waals surface area contributed by atoms with Crippen molar-refractivity contribution in [3.8, 4) is 0 Å². The van der Waals surface area contributed by atoms with Gasteiger partial charge in [-0.15, -0.1) is 0 Å². The summed E-state index contributed by atoms with van der Waals surface area (Å²) < 4.78 is 13.5. The number of carboxylic acids is 1. The molecule has 2 rings (SSSR count). The summed E-state index contributed by atoms with van der Waals surface area (Å²) in [6.07, 6.45) is 1.35. The number of aromatic nitrogens is 1. The maximum Gasteiger partial charge on any atom is 0.354 e. The van der Waals surface area contributed by atoms with Crippen LogP contribution in [0.2, 0.25) is 0 Å². The van der Waals surface area contributed by atoms with Gasteiger partial charge in [-0.2, -0.15) is 0 Å². The third kappa shape index (κ3) is 2.63. The van der Waals surface area contributed by atoms with Crippen molar-refractivity contribution in [3.05, 3.63) is 53.6 Å². The third-order valence-electron chi connectivity index (χ3n) is 2.38. The lowest BCUT2D eigenvalue weighted by atomic mass is 10.2. The highest BCUT2D eigenvalue weighted by Crippen LogP contribution is 2.20. The number of pyridine rings is 1. The van der Waals surface area contributed by atoms with Gasteiger partial charge in [0.25, 0.3) is 0 Å². The van der Waals surface area contributed by atoms with Gasteiger partial charge < -0.3 is 10.4 Å². The second-order valence-corrected chi connectivity index (χ2v) is 3.85. The summed E-state index contributed by atoms with van der Waals surface area (Å²) in [5, 5.41) is 11.6. The van der Waals surface area contributed by atoms with E-state index < -0.39 is 5.97 Å². The molecule has 1 aromatic carbocycles. The monoisotopic (exact) mass is 246 g/mol. The second-order valence-electron chi connectivity index (χ2n) is 3.85. The number of aromatic carboxylic acids is 1. The van der Waals surface area contributed by atoms with Gasteiger partial charge in [0.15, 0.2) is 0 Å². The standard InChI is InChI=1S/C13H11FN2O2/c1-8-2-4-10(14)12(6-8)16-9-3-5-11(13(17)18)15-7-9/h2-7,16H,1H3,(H,17,18). The molecule has 4 nitrogen and oxygen atoms in total. The molecular weight excluding hydrogens is 235 g/mol. The molecule has 0 radical (unpaired) electrons. The Morgan fingerprint density at radius 1 is 1.33 bits per heavy atom. The molecule has 0 bridgehead atoms. The minimum atomic E-state index is -1.09. The number of hydrogen-bond donors (Lipinski definition) is 2. The zero-order valence-corrected chi connectivity index (χ0v) is 9.64. The largest absolute Gasteiger partial charge is 0.477 e. The van der Waals surface area contributed by atoms with E-state index in [4.69, 9.17) is 5.11 Å². The molecule has 2 aromatic rings. The number of rotatable bonds is 3. The van der Waals surface area contributed by atoms with Crippen molar-refractivity contribution in [3.63, 3.8) is 0 Å². The number of aryl methyl sites for hydroxylation is 1. The van der Waals surface area contributed by atoms with Crippen LogP contribution < -0.4 is 5.32 Å². The van der Waals surface area contributed by atoms with Crippen molar-refractivity contribution in [1.29, 1.82) is 0 Å². The van der Waals surface area contributed by atoms with E-state index in [2.05, 4.69) is 10.3 Å². The molecule has 92 valence electrons. The lowest BCUT2D eigenvalue weighted by Crippen LogP contribution is -2.01. The summed E-state index contributed by atoms with van der Waals surface area (Å²) >= 11 is 0. The van der Waals surface area contributed by atoms with Crippen LogP contribution in [-0.2, 0) is 0 Å². The van der Waals surface area contributed by atoms with Crippen LogP contribution in [0.25, 0.3) is 0 Å². The van der Waals surface area contributed by atoms with E-state index in [-0.39, 0.29) is 11.5 Å². The Morgan fingerprint density at radius 2 is 2.11 bits per heavy atom. The maximum atomic E-state index is 13.5. The highest BCUT2D eigenvalue weighted by Gasteiger charge is 2.05. The lowest BCUT2D eigenvalue weighted by Gasteiger charge is -2.08. The molecule has 0 unspecified atom stereocenters. The summed E-state index contributed by atoms with van der Waals surface area (Å²) in [7, 11) is 0. The van der Waals surface area contributed by atoms with E-state index in [9.17, 15) is 9.18 Å². The van der Waals surface area contributed by atoms with E-state index in [1.165, 1.54) is 24.4 Å². The molecule has 5 heteroatoms. The first kappa shape index (κ1) is 12.0. The number of nitrogens with one attached hydrogen (secondary N) is 1. The topological polar surface area (TPSA) is 62.2 Å². The van der Waals surface area contributed by atoms with Crippen LogP contribution in [0.15, 0.2) is 36.5 Å². The molecule has 2 N–H and O–H groups in total. The molecule has 0 aliphatic heterocycles. The Balaban J connectivity index is 2.23. The summed E-state index contributed by atoms with van der Waals surface area (Å²) in [5.74, 6) is -1.47. The third-order valence-corrected chi connectivity index (χ3v) is 2.38. The molecule has 0 atom stereocenters. The fourth-order valence-electron chi connectivity index (χ4n) is 1.48. The van der Waals surface area contributed by atoms with Crippen LogP contribution in [-0.4, -0.2) is 16.1 Å². The molecule has 1 heterocycles. The molecule has 0 aliphatic carbocycles. The van der Waals surface area contributed by atoms with Crippen molar-refractivity contribution in [1.82, 2.24) is 4.98 Å². The van der Waals surface area contributed by atoms with Gasteiger partial charge in [-0.05, 0) is 36.8 Å². The van der Waals surface area contributed by atoms with Crippen molar-refractivity contribution in [2.45, 2.75) is 6.92 Å². The predicted molar refractivity (Wildman–Crippen MR) is 65.6 cm³/mol. The average molecular weight is 246 g/mol. The van der Waals surface area contributed by atoms with Crippen LogP contribution in [0, 0.1) is 12.7 Å². The van der Waals surface area contributed by atoms with Crippen LogP contribution >= 0.6 is 0 Å². The first-order valence-electron chi connectivity index (χ1n) is 5.29. The van der Waals surface area contributed by atoms with Crippen molar-refractivity contribution >= 4 is 17.3 Å². The average Bonchev–Trinajstić information content (AvgIpc) is 2.34. The molecule has 0 amide bonds. The summed E-state index contributed by atoms with van der Waals surface area (Å²) in [4.78, 5) is 14.4. The van der Waals surface area contributed by atoms with Crippen LogP contribution in [0.3, 0.4) is 0 Å². The number of nitrogens with zero attached hydrogens (tertiary/aromatic N) is 1. The van der Waals surface area contributed by atoms with E-state index in [0.29, 0.717) is 11.4 Å². The van der Waals surface area contributed by atoms with E-state index in [1.54, 1.807) is 12.1 Å².